The standard InChI is InChI=1S/C27H30N2O4/c1-32-25-15-21-11-13-29(12-7-6-8-19-14-24(31)23(18-30)28-17-19)27(20-9-4-3-5-10-20)22(21)16-26(25)33-2/h3-5,9-10,14-18,27,31H,6-8,11-13H2,1-2H3. The van der Waals surface area contributed by atoms with Crippen LogP contribution in [-0.4, -0.2) is 48.6 Å². The van der Waals surface area contributed by atoms with Crippen molar-refractivity contribution in [3.8, 4) is 17.2 Å². The third-order valence-corrected chi connectivity index (χ3v) is 6.32. The Morgan fingerprint density at radius 2 is 1.85 bits per heavy atom. The number of pyridine rings is 1. The van der Waals surface area contributed by atoms with Gasteiger partial charge >= 0.3 is 0 Å². The van der Waals surface area contributed by atoms with Crippen LogP contribution in [0.15, 0.2) is 54.7 Å². The highest BCUT2D eigenvalue weighted by Crippen LogP contribution is 2.41. The molecule has 172 valence electrons. The maximum absolute atomic E-state index is 10.8. The summed E-state index contributed by atoms with van der Waals surface area (Å²) in [5.41, 5.74) is 4.87. The van der Waals surface area contributed by atoms with Crippen LogP contribution in [0, 0.1) is 0 Å². The molecule has 3 aromatic rings. The largest absolute Gasteiger partial charge is 0.506 e. The highest BCUT2D eigenvalue weighted by molar-refractivity contribution is 5.75. The van der Waals surface area contributed by atoms with Crippen LogP contribution in [-0.2, 0) is 12.8 Å². The van der Waals surface area contributed by atoms with Crippen LogP contribution in [0.25, 0.3) is 0 Å². The highest BCUT2D eigenvalue weighted by atomic mass is 16.5. The van der Waals surface area contributed by atoms with Gasteiger partial charge in [-0.2, -0.15) is 0 Å². The molecule has 1 N–H and O–H groups in total. The van der Waals surface area contributed by atoms with Crippen molar-refractivity contribution < 1.29 is 19.4 Å². The molecule has 1 aromatic heterocycles. The molecule has 1 atom stereocenters. The topological polar surface area (TPSA) is 71.9 Å². The van der Waals surface area contributed by atoms with Gasteiger partial charge in [0.2, 0.25) is 0 Å². The number of ether oxygens (including phenoxy) is 2. The molecule has 2 aromatic carbocycles. The average molecular weight is 447 g/mol. The average Bonchev–Trinajstić information content (AvgIpc) is 2.86. The van der Waals surface area contributed by atoms with E-state index in [0.29, 0.717) is 6.29 Å². The van der Waals surface area contributed by atoms with Crippen molar-refractivity contribution in [1.29, 1.82) is 0 Å². The Hall–Kier alpha value is -3.38. The number of rotatable bonds is 9. The first-order valence-electron chi connectivity index (χ1n) is 11.3. The van der Waals surface area contributed by atoms with Gasteiger partial charge in [0.25, 0.3) is 0 Å². The van der Waals surface area contributed by atoms with Crippen LogP contribution in [0.1, 0.15) is 51.6 Å². The monoisotopic (exact) mass is 446 g/mol. The van der Waals surface area contributed by atoms with E-state index in [-0.39, 0.29) is 17.5 Å². The molecule has 0 radical (unpaired) electrons. The Morgan fingerprint density at radius 1 is 1.09 bits per heavy atom. The molecule has 0 bridgehead atoms. The second-order valence-electron chi connectivity index (χ2n) is 8.33. The Balaban J connectivity index is 1.50. The lowest BCUT2D eigenvalue weighted by Gasteiger charge is -2.38. The third-order valence-electron chi connectivity index (χ3n) is 6.32. The van der Waals surface area contributed by atoms with Crippen molar-refractivity contribution in [3.63, 3.8) is 0 Å². The first-order chi connectivity index (χ1) is 16.1. The minimum absolute atomic E-state index is 0.0522. The summed E-state index contributed by atoms with van der Waals surface area (Å²) in [4.78, 5) is 17.4. The number of carbonyl (C=O) groups is 1. The van der Waals surface area contributed by atoms with Gasteiger partial charge in [-0.25, -0.2) is 4.98 Å². The Kier molecular flexibility index (Phi) is 7.25. The summed E-state index contributed by atoms with van der Waals surface area (Å²) in [7, 11) is 3.35. The zero-order chi connectivity index (χ0) is 23.2. The van der Waals surface area contributed by atoms with E-state index in [1.165, 1.54) is 16.7 Å². The molecule has 1 unspecified atom stereocenters. The number of carbonyl (C=O) groups excluding carboxylic acids is 1. The van der Waals surface area contributed by atoms with Gasteiger partial charge in [-0.1, -0.05) is 30.3 Å². The number of hydrogen-bond donors (Lipinski definition) is 1. The fourth-order valence-electron chi connectivity index (χ4n) is 4.64. The van der Waals surface area contributed by atoms with Gasteiger partial charge in [0.05, 0.1) is 20.3 Å². The van der Waals surface area contributed by atoms with E-state index in [0.717, 1.165) is 55.8 Å². The SMILES string of the molecule is COc1cc2c(cc1OC)C(c1ccccc1)N(CCCCc1cnc(C=O)c(O)c1)CC2. The van der Waals surface area contributed by atoms with E-state index in [9.17, 15) is 9.90 Å². The number of aromatic nitrogens is 1. The fraction of sp³-hybridized carbons (Fsp3) is 0.333. The number of aromatic hydroxyl groups is 1. The van der Waals surface area contributed by atoms with Crippen LogP contribution >= 0.6 is 0 Å². The fourth-order valence-corrected chi connectivity index (χ4v) is 4.64. The molecule has 1 aliphatic rings. The zero-order valence-electron chi connectivity index (χ0n) is 19.2. The molecule has 0 saturated carbocycles. The zero-order valence-corrected chi connectivity index (χ0v) is 19.2. The molecular weight excluding hydrogens is 416 g/mol. The number of aryl methyl sites for hydroxylation is 1. The Morgan fingerprint density at radius 3 is 2.55 bits per heavy atom. The molecule has 33 heavy (non-hydrogen) atoms. The van der Waals surface area contributed by atoms with Crippen molar-refractivity contribution in [3.05, 3.63) is 82.7 Å². The van der Waals surface area contributed by atoms with Crippen molar-refractivity contribution in [2.24, 2.45) is 0 Å². The van der Waals surface area contributed by atoms with Crippen molar-refractivity contribution in [2.75, 3.05) is 27.3 Å². The van der Waals surface area contributed by atoms with Gasteiger partial charge in [0.1, 0.15) is 11.4 Å². The Labute approximate surface area is 194 Å². The Bertz CT molecular complexity index is 1100. The molecule has 6 heteroatoms. The number of hydrogen-bond acceptors (Lipinski definition) is 6. The lowest BCUT2D eigenvalue weighted by atomic mass is 9.87. The minimum atomic E-state index is -0.0522. The van der Waals surface area contributed by atoms with Crippen LogP contribution in [0.2, 0.25) is 0 Å². The molecule has 0 saturated heterocycles. The van der Waals surface area contributed by atoms with Crippen molar-refractivity contribution in [1.82, 2.24) is 9.88 Å². The molecule has 4 rings (SSSR count). The van der Waals surface area contributed by atoms with Gasteiger partial charge in [-0.3, -0.25) is 9.69 Å². The molecular formula is C27H30N2O4. The van der Waals surface area contributed by atoms with E-state index >= 15 is 0 Å². The molecule has 1 aliphatic heterocycles. The molecule has 0 fully saturated rings. The third kappa shape index (κ3) is 5.01. The van der Waals surface area contributed by atoms with E-state index in [4.69, 9.17) is 9.47 Å². The predicted octanol–water partition coefficient (Wildman–Crippen LogP) is 4.59. The second-order valence-corrected chi connectivity index (χ2v) is 8.33. The first kappa shape index (κ1) is 22.8. The number of aldehydes is 1. The lowest BCUT2D eigenvalue weighted by molar-refractivity contribution is 0.111. The molecule has 0 amide bonds. The summed E-state index contributed by atoms with van der Waals surface area (Å²) in [6.45, 7) is 1.93. The maximum atomic E-state index is 10.8. The van der Waals surface area contributed by atoms with Gasteiger partial charge in [0, 0.05) is 12.7 Å². The lowest BCUT2D eigenvalue weighted by Crippen LogP contribution is -2.37. The van der Waals surface area contributed by atoms with Crippen molar-refractivity contribution >= 4 is 6.29 Å². The number of unbranched alkanes of at least 4 members (excludes halogenated alkanes) is 1. The van der Waals surface area contributed by atoms with Gasteiger partial charge in [-0.05, 0) is 72.7 Å². The normalized spacial score (nSPS) is 15.6. The highest BCUT2D eigenvalue weighted by Gasteiger charge is 2.30. The van der Waals surface area contributed by atoms with E-state index < -0.39 is 0 Å². The van der Waals surface area contributed by atoms with Gasteiger partial charge in [-0.15, -0.1) is 0 Å². The van der Waals surface area contributed by atoms with Gasteiger partial charge in [0.15, 0.2) is 17.8 Å². The summed E-state index contributed by atoms with van der Waals surface area (Å²) < 4.78 is 11.1. The van der Waals surface area contributed by atoms with Crippen LogP contribution in [0.3, 0.4) is 0 Å². The van der Waals surface area contributed by atoms with E-state index in [1.807, 2.05) is 6.07 Å². The molecule has 2 heterocycles. The second kappa shape index (κ2) is 10.5. The minimum Gasteiger partial charge on any atom is -0.506 e. The quantitative estimate of drug-likeness (QED) is 0.383. The summed E-state index contributed by atoms with van der Waals surface area (Å²) in [6.07, 6.45) is 6.00. The predicted molar refractivity (Wildman–Crippen MR) is 127 cm³/mol. The first-order valence-corrected chi connectivity index (χ1v) is 11.3. The number of methoxy groups -OCH3 is 2. The van der Waals surface area contributed by atoms with Gasteiger partial charge < -0.3 is 14.6 Å². The number of benzene rings is 2. The smallest absolute Gasteiger partial charge is 0.172 e. The number of fused-ring (bicyclic) bond motifs is 1. The van der Waals surface area contributed by atoms with E-state index in [1.54, 1.807) is 26.5 Å². The van der Waals surface area contributed by atoms with Crippen LogP contribution in [0.5, 0.6) is 17.2 Å². The van der Waals surface area contributed by atoms with Crippen molar-refractivity contribution in [2.45, 2.75) is 31.7 Å². The number of nitrogens with zero attached hydrogens (tertiary/aromatic N) is 2. The van der Waals surface area contributed by atoms with Crippen LogP contribution in [0.4, 0.5) is 0 Å². The van der Waals surface area contributed by atoms with E-state index in [2.05, 4.69) is 46.3 Å². The van der Waals surface area contributed by atoms with Crippen LogP contribution < -0.4 is 9.47 Å². The molecule has 0 spiro atoms. The summed E-state index contributed by atoms with van der Waals surface area (Å²) in [5.74, 6) is 1.47. The molecule has 0 aliphatic carbocycles. The summed E-state index contributed by atoms with van der Waals surface area (Å²) >= 11 is 0. The summed E-state index contributed by atoms with van der Waals surface area (Å²) in [6, 6.07) is 16.6. The maximum Gasteiger partial charge on any atom is 0.172 e. The molecule has 6 nitrogen and oxygen atoms in total. The summed E-state index contributed by atoms with van der Waals surface area (Å²) in [5, 5.41) is 9.86.